The third-order valence-electron chi connectivity index (χ3n) is 16.1. The molecule has 504 valence electrons. The second-order valence-corrected chi connectivity index (χ2v) is 25.9. The van der Waals surface area contributed by atoms with E-state index in [1.54, 1.807) is 0 Å². The Hall–Kier alpha value is -3.53. The number of carboxylic acids is 1. The summed E-state index contributed by atoms with van der Waals surface area (Å²) in [5.41, 5.74) is 0. The molecule has 9 nitrogen and oxygen atoms in total. The first-order chi connectivity index (χ1) is 42.6. The van der Waals surface area contributed by atoms with Crippen LogP contribution in [-0.4, -0.2) is 82.3 Å². The molecule has 0 aliphatic rings. The number of unbranched alkanes of at least 4 members (excludes halogenated alkanes) is 39. The molecule has 2 unspecified atom stereocenters. The van der Waals surface area contributed by atoms with Crippen LogP contribution in [0.15, 0.2) is 85.1 Å². The summed E-state index contributed by atoms with van der Waals surface area (Å²) >= 11 is 0. The van der Waals surface area contributed by atoms with Gasteiger partial charge >= 0.3 is 11.9 Å². The minimum absolute atomic E-state index is 0.145. The van der Waals surface area contributed by atoms with Gasteiger partial charge in [-0.15, -0.1) is 0 Å². The number of allylic oxidation sites excluding steroid dienone is 14. The highest BCUT2D eigenvalue weighted by Crippen LogP contribution is 2.18. The molecule has 0 fully saturated rings. The molecular weight excluding hydrogens is 1080 g/mol. The van der Waals surface area contributed by atoms with Crippen molar-refractivity contribution in [1.29, 1.82) is 0 Å². The molecule has 0 aromatic carbocycles. The molecule has 0 N–H and O–H groups in total. The Labute approximate surface area is 538 Å². The number of carbonyl (C=O) groups excluding carboxylic acids is 3. The number of hydrogen-bond donors (Lipinski definition) is 0. The molecule has 0 aromatic rings. The van der Waals surface area contributed by atoms with Gasteiger partial charge in [0, 0.05) is 12.8 Å². The fourth-order valence-corrected chi connectivity index (χ4v) is 10.5. The molecule has 0 aliphatic heterocycles. The lowest BCUT2D eigenvalue weighted by molar-refractivity contribution is -0.870. The lowest BCUT2D eigenvalue weighted by atomic mass is 10.0. The lowest BCUT2D eigenvalue weighted by Gasteiger charge is -2.26. The number of likely N-dealkylation sites (N-methyl/N-ethyl adjacent to an activating group) is 1. The van der Waals surface area contributed by atoms with E-state index in [9.17, 15) is 19.5 Å². The summed E-state index contributed by atoms with van der Waals surface area (Å²) in [5.74, 6) is -2.28. The summed E-state index contributed by atoms with van der Waals surface area (Å²) in [6, 6.07) is 0. The number of aliphatic carboxylic acids is 1. The van der Waals surface area contributed by atoms with Crippen LogP contribution >= 0.6 is 0 Å². The summed E-state index contributed by atoms with van der Waals surface area (Å²) in [6.07, 6.45) is 89.8. The zero-order chi connectivity index (χ0) is 63.3. The smallest absolute Gasteiger partial charge is 0.306 e. The minimum atomic E-state index is -1.63. The molecule has 0 radical (unpaired) electrons. The predicted octanol–water partition coefficient (Wildman–Crippen LogP) is 21.7. The van der Waals surface area contributed by atoms with E-state index < -0.39 is 24.3 Å². The maximum Gasteiger partial charge on any atom is 0.306 e. The van der Waals surface area contributed by atoms with Gasteiger partial charge in [0.05, 0.1) is 40.3 Å². The van der Waals surface area contributed by atoms with E-state index in [1.165, 1.54) is 218 Å². The van der Waals surface area contributed by atoms with Crippen LogP contribution in [0.25, 0.3) is 0 Å². The van der Waals surface area contributed by atoms with Gasteiger partial charge in [0.2, 0.25) is 0 Å². The third-order valence-corrected chi connectivity index (χ3v) is 16.1. The van der Waals surface area contributed by atoms with Crippen molar-refractivity contribution in [3.8, 4) is 0 Å². The van der Waals surface area contributed by atoms with Gasteiger partial charge < -0.3 is 33.3 Å². The largest absolute Gasteiger partial charge is 0.545 e. The highest BCUT2D eigenvalue weighted by atomic mass is 16.7. The average molecular weight is 1220 g/mol. The summed E-state index contributed by atoms with van der Waals surface area (Å²) < 4.78 is 22.8. The van der Waals surface area contributed by atoms with Crippen LogP contribution in [0.5, 0.6) is 0 Å². The summed E-state index contributed by atoms with van der Waals surface area (Å²) in [5, 5.41) is 11.8. The van der Waals surface area contributed by atoms with E-state index in [0.29, 0.717) is 17.4 Å². The van der Waals surface area contributed by atoms with Gasteiger partial charge in [-0.3, -0.25) is 9.59 Å². The van der Waals surface area contributed by atoms with Gasteiger partial charge in [-0.2, -0.15) is 0 Å². The van der Waals surface area contributed by atoms with Gasteiger partial charge in [0.1, 0.15) is 13.2 Å². The van der Waals surface area contributed by atoms with Crippen molar-refractivity contribution in [2.45, 2.75) is 347 Å². The molecule has 0 rings (SSSR count). The van der Waals surface area contributed by atoms with Crippen LogP contribution in [-0.2, 0) is 33.3 Å². The number of nitrogens with zero attached hydrogens (tertiary/aromatic N) is 1. The topological polar surface area (TPSA) is 111 Å². The molecule has 0 saturated heterocycles. The monoisotopic (exact) mass is 1220 g/mol. The van der Waals surface area contributed by atoms with Crippen LogP contribution in [0, 0.1) is 0 Å². The van der Waals surface area contributed by atoms with Crippen molar-refractivity contribution in [1.82, 2.24) is 0 Å². The van der Waals surface area contributed by atoms with Crippen molar-refractivity contribution in [3.63, 3.8) is 0 Å². The SMILES string of the molecule is CC/C=C\C/C=C\C/C=C\C/C=C\CCCCCCCCCCCCCCCCCCCCCCCCCCCCCCC(=O)OC(COC(=O)CCCCCCCC/C=C\C/C=C\C/C=C\CCCCCCC)COC(OCC[N+](C)(C)C)C(=O)[O-]. The molecule has 0 bridgehead atoms. The summed E-state index contributed by atoms with van der Waals surface area (Å²) in [7, 11) is 5.93. The first-order valence-electron chi connectivity index (χ1n) is 36.7. The van der Waals surface area contributed by atoms with E-state index in [4.69, 9.17) is 18.9 Å². The molecule has 9 heteroatoms. The number of ether oxygens (including phenoxy) is 4. The van der Waals surface area contributed by atoms with E-state index in [2.05, 4.69) is 98.9 Å². The number of esters is 2. The Morgan fingerprint density at radius 1 is 0.356 bits per heavy atom. The number of quaternary nitrogens is 1. The van der Waals surface area contributed by atoms with Gasteiger partial charge in [-0.1, -0.05) is 317 Å². The molecule has 0 aromatic heterocycles. The zero-order valence-electron chi connectivity index (χ0n) is 57.6. The zero-order valence-corrected chi connectivity index (χ0v) is 57.6. The summed E-state index contributed by atoms with van der Waals surface area (Å²) in [4.78, 5) is 37.5. The second-order valence-electron chi connectivity index (χ2n) is 25.9. The predicted molar refractivity (Wildman–Crippen MR) is 371 cm³/mol. The Balaban J connectivity index is 3.98. The number of carboxylic acid groups (broad SMARTS) is 1. The van der Waals surface area contributed by atoms with E-state index in [-0.39, 0.29) is 38.6 Å². The molecular formula is C78H139NO8. The summed E-state index contributed by atoms with van der Waals surface area (Å²) in [6.45, 7) is 4.65. The van der Waals surface area contributed by atoms with Gasteiger partial charge in [0.25, 0.3) is 0 Å². The van der Waals surface area contributed by atoms with Crippen molar-refractivity contribution < 1.29 is 42.9 Å². The van der Waals surface area contributed by atoms with Crippen LogP contribution in [0.2, 0.25) is 0 Å². The molecule has 0 heterocycles. The second kappa shape index (κ2) is 68.4. The van der Waals surface area contributed by atoms with Crippen molar-refractivity contribution >= 4 is 17.9 Å². The van der Waals surface area contributed by atoms with E-state index in [0.717, 1.165) is 83.5 Å². The fourth-order valence-electron chi connectivity index (χ4n) is 10.5. The van der Waals surface area contributed by atoms with E-state index >= 15 is 0 Å². The Morgan fingerprint density at radius 2 is 0.655 bits per heavy atom. The number of hydrogen-bond acceptors (Lipinski definition) is 8. The Kier molecular flexibility index (Phi) is 65.6. The van der Waals surface area contributed by atoms with E-state index in [1.807, 2.05) is 21.1 Å². The highest BCUT2D eigenvalue weighted by molar-refractivity contribution is 5.70. The lowest BCUT2D eigenvalue weighted by Crippen LogP contribution is -2.44. The van der Waals surface area contributed by atoms with Crippen LogP contribution in [0.4, 0.5) is 0 Å². The molecule has 0 saturated carbocycles. The minimum Gasteiger partial charge on any atom is -0.545 e. The molecule has 0 spiro atoms. The van der Waals surface area contributed by atoms with Crippen molar-refractivity contribution in [2.75, 3.05) is 47.5 Å². The Bertz CT molecular complexity index is 1700. The number of carbonyl (C=O) groups is 3. The van der Waals surface area contributed by atoms with Gasteiger partial charge in [-0.05, 0) is 89.9 Å². The maximum absolute atomic E-state index is 12.9. The molecule has 0 amide bonds. The van der Waals surface area contributed by atoms with Crippen molar-refractivity contribution in [3.05, 3.63) is 85.1 Å². The Morgan fingerprint density at radius 3 is 0.977 bits per heavy atom. The fraction of sp³-hybridized carbons (Fsp3) is 0.782. The van der Waals surface area contributed by atoms with Crippen LogP contribution in [0.3, 0.4) is 0 Å². The van der Waals surface area contributed by atoms with Gasteiger partial charge in [-0.25, -0.2) is 0 Å². The van der Waals surface area contributed by atoms with Crippen molar-refractivity contribution in [2.24, 2.45) is 0 Å². The van der Waals surface area contributed by atoms with Crippen LogP contribution in [0.1, 0.15) is 335 Å². The average Bonchev–Trinajstić information content (AvgIpc) is 3.59. The first kappa shape index (κ1) is 83.5. The quantitative estimate of drug-likeness (QED) is 0.0195. The number of rotatable bonds is 68. The van der Waals surface area contributed by atoms with Gasteiger partial charge in [0.15, 0.2) is 12.4 Å². The third kappa shape index (κ3) is 69.8. The molecule has 87 heavy (non-hydrogen) atoms. The van der Waals surface area contributed by atoms with Crippen LogP contribution < -0.4 is 5.11 Å². The molecule has 2 atom stereocenters. The normalized spacial score (nSPS) is 13.2. The standard InChI is InChI=1S/C78H139NO8/c1-6-8-10-12-14-16-18-20-22-24-26-28-29-30-31-32-33-34-35-36-37-38-39-40-41-42-43-44-45-46-47-49-51-53-55-57-59-61-63-65-67-69-76(81)87-74(73-86-78(77(82)83)84-71-70-79(3,4)5)72-85-75(80)68-66-64-62-60-58-56-54-52-50-48-27-25-23-21-19-17-15-13-11-9-7-2/h8,10,14,16,19-22,25-28,50,52,74,78H,6-7,9,11-13,15,17-18,23-24,29-49,51,53-73H2,1-5H3/b10-8-,16-14-,21-19-,22-20-,27-25-,28-26-,52-50-. The molecule has 0 aliphatic carbocycles. The highest BCUT2D eigenvalue weighted by Gasteiger charge is 2.22. The maximum atomic E-state index is 12.9. The first-order valence-corrected chi connectivity index (χ1v) is 36.7.